The standard InChI is InChI=1S/C9H20N2O/c1-8(12)6-11-7-9-2-4-10-5-3-9/h8-12H,2-7H2,1H3. The van der Waals surface area contributed by atoms with Gasteiger partial charge in [0.2, 0.25) is 0 Å². The fourth-order valence-electron chi connectivity index (χ4n) is 1.58. The average Bonchev–Trinajstić information content (AvgIpc) is 2.05. The summed E-state index contributed by atoms with van der Waals surface area (Å²) >= 11 is 0. The Kier molecular flexibility index (Phi) is 4.58. The highest BCUT2D eigenvalue weighted by molar-refractivity contribution is 4.70. The molecule has 0 amide bonds. The Labute approximate surface area is 74.5 Å². The molecule has 3 nitrogen and oxygen atoms in total. The molecule has 0 aromatic heterocycles. The van der Waals surface area contributed by atoms with Gasteiger partial charge >= 0.3 is 0 Å². The van der Waals surface area contributed by atoms with Crippen molar-refractivity contribution in [2.75, 3.05) is 26.2 Å². The first-order chi connectivity index (χ1) is 5.79. The molecule has 0 spiro atoms. The highest BCUT2D eigenvalue weighted by atomic mass is 16.3. The van der Waals surface area contributed by atoms with Gasteiger partial charge in [-0.2, -0.15) is 0 Å². The molecular weight excluding hydrogens is 152 g/mol. The summed E-state index contributed by atoms with van der Waals surface area (Å²) in [7, 11) is 0. The molecule has 1 saturated heterocycles. The van der Waals surface area contributed by atoms with Crippen LogP contribution in [0.1, 0.15) is 19.8 Å². The molecule has 1 unspecified atom stereocenters. The summed E-state index contributed by atoms with van der Waals surface area (Å²) in [5.74, 6) is 0.810. The van der Waals surface area contributed by atoms with Crippen LogP contribution in [-0.2, 0) is 0 Å². The van der Waals surface area contributed by atoms with Crippen molar-refractivity contribution in [3.63, 3.8) is 0 Å². The third-order valence-electron chi connectivity index (χ3n) is 2.33. The minimum atomic E-state index is -0.216. The van der Waals surface area contributed by atoms with Crippen LogP contribution >= 0.6 is 0 Å². The van der Waals surface area contributed by atoms with Gasteiger partial charge in [-0.05, 0) is 45.3 Å². The molecule has 0 saturated carbocycles. The van der Waals surface area contributed by atoms with Crippen molar-refractivity contribution in [1.82, 2.24) is 10.6 Å². The van der Waals surface area contributed by atoms with Crippen molar-refractivity contribution in [1.29, 1.82) is 0 Å². The van der Waals surface area contributed by atoms with Crippen LogP contribution in [0.2, 0.25) is 0 Å². The van der Waals surface area contributed by atoms with E-state index in [1.165, 1.54) is 12.8 Å². The van der Waals surface area contributed by atoms with Crippen LogP contribution in [0.15, 0.2) is 0 Å². The molecule has 1 heterocycles. The van der Waals surface area contributed by atoms with Gasteiger partial charge in [-0.1, -0.05) is 0 Å². The molecule has 1 fully saturated rings. The van der Waals surface area contributed by atoms with Crippen LogP contribution < -0.4 is 10.6 Å². The minimum absolute atomic E-state index is 0.216. The van der Waals surface area contributed by atoms with Crippen LogP contribution in [0, 0.1) is 5.92 Å². The van der Waals surface area contributed by atoms with E-state index in [0.717, 1.165) is 32.1 Å². The first-order valence-corrected chi connectivity index (χ1v) is 4.88. The zero-order valence-electron chi connectivity index (χ0n) is 7.84. The zero-order chi connectivity index (χ0) is 8.81. The van der Waals surface area contributed by atoms with Gasteiger partial charge in [0.25, 0.3) is 0 Å². The van der Waals surface area contributed by atoms with E-state index in [4.69, 9.17) is 5.11 Å². The number of hydrogen-bond donors (Lipinski definition) is 3. The number of hydrogen-bond acceptors (Lipinski definition) is 3. The normalized spacial score (nSPS) is 22.5. The number of aliphatic hydroxyl groups excluding tert-OH is 1. The third kappa shape index (κ3) is 4.04. The smallest absolute Gasteiger partial charge is 0.0636 e. The molecule has 0 aromatic rings. The lowest BCUT2D eigenvalue weighted by Crippen LogP contribution is -2.35. The van der Waals surface area contributed by atoms with Crippen LogP contribution in [0.5, 0.6) is 0 Å². The highest BCUT2D eigenvalue weighted by Crippen LogP contribution is 2.09. The summed E-state index contributed by atoms with van der Waals surface area (Å²) in [5, 5.41) is 15.6. The summed E-state index contributed by atoms with van der Waals surface area (Å²) in [6.45, 7) is 5.91. The fourth-order valence-corrected chi connectivity index (χ4v) is 1.58. The van der Waals surface area contributed by atoms with Gasteiger partial charge in [0.15, 0.2) is 0 Å². The van der Waals surface area contributed by atoms with E-state index in [9.17, 15) is 0 Å². The van der Waals surface area contributed by atoms with Gasteiger partial charge in [-0.25, -0.2) is 0 Å². The third-order valence-corrected chi connectivity index (χ3v) is 2.33. The largest absolute Gasteiger partial charge is 0.392 e. The monoisotopic (exact) mass is 172 g/mol. The lowest BCUT2D eigenvalue weighted by atomic mass is 9.98. The van der Waals surface area contributed by atoms with Crippen LogP contribution in [0.4, 0.5) is 0 Å². The Bertz CT molecular complexity index is 111. The van der Waals surface area contributed by atoms with E-state index >= 15 is 0 Å². The molecule has 0 aromatic carbocycles. The first-order valence-electron chi connectivity index (χ1n) is 4.88. The summed E-state index contributed by atoms with van der Waals surface area (Å²) in [5.41, 5.74) is 0. The van der Waals surface area contributed by atoms with E-state index in [0.29, 0.717) is 0 Å². The van der Waals surface area contributed by atoms with Crippen molar-refractivity contribution in [3.8, 4) is 0 Å². The van der Waals surface area contributed by atoms with Crippen molar-refractivity contribution in [3.05, 3.63) is 0 Å². The Balaban J connectivity index is 1.98. The van der Waals surface area contributed by atoms with Crippen LogP contribution in [0.25, 0.3) is 0 Å². The molecule has 0 radical (unpaired) electrons. The number of rotatable bonds is 4. The Hall–Kier alpha value is -0.120. The summed E-state index contributed by atoms with van der Waals surface area (Å²) in [6.07, 6.45) is 2.33. The second-order valence-electron chi connectivity index (χ2n) is 3.70. The maximum atomic E-state index is 9.01. The van der Waals surface area contributed by atoms with Crippen molar-refractivity contribution in [2.45, 2.75) is 25.9 Å². The van der Waals surface area contributed by atoms with Gasteiger partial charge in [0.1, 0.15) is 0 Å². The van der Waals surface area contributed by atoms with E-state index in [-0.39, 0.29) is 6.10 Å². The molecule has 72 valence electrons. The topological polar surface area (TPSA) is 44.3 Å². The van der Waals surface area contributed by atoms with Gasteiger partial charge in [0.05, 0.1) is 6.10 Å². The quantitative estimate of drug-likeness (QED) is 0.557. The zero-order valence-corrected chi connectivity index (χ0v) is 7.84. The maximum Gasteiger partial charge on any atom is 0.0636 e. The summed E-state index contributed by atoms with van der Waals surface area (Å²) < 4.78 is 0. The first kappa shape index (κ1) is 9.96. The van der Waals surface area contributed by atoms with Gasteiger partial charge in [-0.3, -0.25) is 0 Å². The molecule has 0 bridgehead atoms. The Morgan fingerprint density at radius 2 is 2.17 bits per heavy atom. The molecule has 12 heavy (non-hydrogen) atoms. The summed E-state index contributed by atoms with van der Waals surface area (Å²) in [6, 6.07) is 0. The van der Waals surface area contributed by atoms with Gasteiger partial charge in [-0.15, -0.1) is 0 Å². The van der Waals surface area contributed by atoms with E-state index in [1.807, 2.05) is 6.92 Å². The molecular formula is C9H20N2O. The Morgan fingerprint density at radius 3 is 2.75 bits per heavy atom. The molecule has 1 aliphatic rings. The highest BCUT2D eigenvalue weighted by Gasteiger charge is 2.11. The molecule has 1 atom stereocenters. The van der Waals surface area contributed by atoms with E-state index in [2.05, 4.69) is 10.6 Å². The number of piperidine rings is 1. The van der Waals surface area contributed by atoms with Crippen molar-refractivity contribution < 1.29 is 5.11 Å². The van der Waals surface area contributed by atoms with Crippen molar-refractivity contribution in [2.24, 2.45) is 5.92 Å². The predicted molar refractivity (Wildman–Crippen MR) is 50.1 cm³/mol. The molecule has 3 N–H and O–H groups in total. The SMILES string of the molecule is CC(O)CNCC1CCNCC1. The molecule has 0 aliphatic carbocycles. The Morgan fingerprint density at radius 1 is 1.50 bits per heavy atom. The fraction of sp³-hybridized carbons (Fsp3) is 1.00. The second kappa shape index (κ2) is 5.51. The minimum Gasteiger partial charge on any atom is -0.392 e. The average molecular weight is 172 g/mol. The maximum absolute atomic E-state index is 9.01. The lowest BCUT2D eigenvalue weighted by Gasteiger charge is -2.23. The second-order valence-corrected chi connectivity index (χ2v) is 3.70. The predicted octanol–water partition coefficient (Wildman–Crippen LogP) is -0.0436. The van der Waals surface area contributed by atoms with Gasteiger partial charge in [0, 0.05) is 6.54 Å². The van der Waals surface area contributed by atoms with Crippen molar-refractivity contribution >= 4 is 0 Å². The summed E-state index contributed by atoms with van der Waals surface area (Å²) in [4.78, 5) is 0. The molecule has 3 heteroatoms. The lowest BCUT2D eigenvalue weighted by molar-refractivity contribution is 0.187. The van der Waals surface area contributed by atoms with Crippen LogP contribution in [-0.4, -0.2) is 37.4 Å². The van der Waals surface area contributed by atoms with Crippen LogP contribution in [0.3, 0.4) is 0 Å². The van der Waals surface area contributed by atoms with E-state index in [1.54, 1.807) is 0 Å². The number of aliphatic hydroxyl groups is 1. The molecule has 1 rings (SSSR count). The van der Waals surface area contributed by atoms with Gasteiger partial charge < -0.3 is 15.7 Å². The van der Waals surface area contributed by atoms with E-state index < -0.39 is 0 Å². The number of nitrogens with one attached hydrogen (secondary N) is 2. The molecule has 1 aliphatic heterocycles.